The third kappa shape index (κ3) is 4.86. The van der Waals surface area contributed by atoms with Crippen molar-refractivity contribution in [3.05, 3.63) is 35.5 Å². The Balaban J connectivity index is 2.44. The number of aromatic nitrogens is 2. The van der Waals surface area contributed by atoms with E-state index in [2.05, 4.69) is 5.10 Å². The molecule has 2 aromatic rings. The molecule has 1 aromatic heterocycles. The molecule has 0 radical (unpaired) electrons. The summed E-state index contributed by atoms with van der Waals surface area (Å²) in [4.78, 5) is -0.348. The second-order valence-electron chi connectivity index (χ2n) is 4.99. The molecule has 2 rings (SSSR count). The van der Waals surface area contributed by atoms with Crippen LogP contribution >= 0.6 is 11.8 Å². The highest BCUT2D eigenvalue weighted by molar-refractivity contribution is 7.99. The molecule has 0 aliphatic carbocycles. The lowest BCUT2D eigenvalue weighted by Crippen LogP contribution is -2.11. The zero-order valence-corrected chi connectivity index (χ0v) is 13.2. The summed E-state index contributed by atoms with van der Waals surface area (Å²) in [6, 6.07) is 3.74. The van der Waals surface area contributed by atoms with Gasteiger partial charge in [0.05, 0.1) is 11.4 Å². The molecule has 0 aliphatic rings. The van der Waals surface area contributed by atoms with Gasteiger partial charge in [0.15, 0.2) is 5.69 Å². The van der Waals surface area contributed by atoms with Crippen molar-refractivity contribution in [1.82, 2.24) is 9.78 Å². The van der Waals surface area contributed by atoms with Gasteiger partial charge in [-0.25, -0.2) is 8.78 Å². The van der Waals surface area contributed by atoms with Gasteiger partial charge in [-0.1, -0.05) is 12.1 Å². The van der Waals surface area contributed by atoms with E-state index in [0.29, 0.717) is 6.07 Å². The smallest absolute Gasteiger partial charge is 0.267 e. The van der Waals surface area contributed by atoms with Crippen LogP contribution in [0.4, 0.5) is 35.1 Å². The number of hydrogen-bond acceptors (Lipinski definition) is 2. The van der Waals surface area contributed by atoms with Crippen LogP contribution in [0.3, 0.4) is 0 Å². The van der Waals surface area contributed by atoms with Gasteiger partial charge in [-0.05, 0) is 12.1 Å². The maximum Gasteiger partial charge on any atom is 0.435 e. The molecule has 138 valence electrons. The summed E-state index contributed by atoms with van der Waals surface area (Å²) in [6.07, 6.45) is -12.3. The molecule has 0 bridgehead atoms. The Morgan fingerprint density at radius 1 is 1.08 bits per heavy atom. The summed E-state index contributed by atoms with van der Waals surface area (Å²) in [7, 11) is 1.22. The predicted molar refractivity (Wildman–Crippen MR) is 75.4 cm³/mol. The van der Waals surface area contributed by atoms with E-state index in [-0.39, 0.29) is 27.9 Å². The van der Waals surface area contributed by atoms with Crippen molar-refractivity contribution in [2.75, 3.05) is 5.75 Å². The maximum atomic E-state index is 13.0. The van der Waals surface area contributed by atoms with Crippen molar-refractivity contribution in [1.29, 1.82) is 0 Å². The second-order valence-corrected chi connectivity index (χ2v) is 6.01. The van der Waals surface area contributed by atoms with Gasteiger partial charge in [-0.2, -0.15) is 31.4 Å². The van der Waals surface area contributed by atoms with E-state index in [4.69, 9.17) is 0 Å². The first-order valence-electron chi connectivity index (χ1n) is 6.62. The van der Waals surface area contributed by atoms with Gasteiger partial charge in [-0.3, -0.25) is 4.68 Å². The number of rotatable bonds is 4. The maximum absolute atomic E-state index is 13.0. The monoisotopic (exact) mass is 390 g/mol. The zero-order chi connectivity index (χ0) is 19.0. The first-order chi connectivity index (χ1) is 11.4. The summed E-state index contributed by atoms with van der Waals surface area (Å²) in [5.41, 5.74) is -1.80. The van der Waals surface area contributed by atoms with E-state index in [0.717, 1.165) is 22.9 Å². The van der Waals surface area contributed by atoms with Crippen molar-refractivity contribution >= 4 is 11.8 Å². The van der Waals surface area contributed by atoms with Crippen LogP contribution in [-0.4, -0.2) is 21.7 Å². The summed E-state index contributed by atoms with van der Waals surface area (Å²) < 4.78 is 102. The molecule has 0 spiro atoms. The number of thioether (sulfide) groups is 1. The molecular formula is C14H10F8N2S. The van der Waals surface area contributed by atoms with Gasteiger partial charge in [0.2, 0.25) is 0 Å². The molecule has 0 atom stereocenters. The highest BCUT2D eigenvalue weighted by atomic mass is 32.2. The van der Waals surface area contributed by atoms with Gasteiger partial charge >= 0.3 is 12.4 Å². The lowest BCUT2D eigenvalue weighted by Gasteiger charge is -2.12. The minimum Gasteiger partial charge on any atom is -0.267 e. The Bertz CT molecular complexity index is 748. The Kier molecular flexibility index (Phi) is 5.35. The minimum absolute atomic E-state index is 0.0537. The number of nitrogens with zero attached hydrogens (tertiary/aromatic N) is 2. The van der Waals surface area contributed by atoms with Crippen LogP contribution in [0.1, 0.15) is 17.7 Å². The average Bonchev–Trinajstić information content (AvgIpc) is 2.86. The first kappa shape index (κ1) is 19.5. The fourth-order valence-corrected chi connectivity index (χ4v) is 2.89. The van der Waals surface area contributed by atoms with Crippen molar-refractivity contribution in [2.24, 2.45) is 7.05 Å². The molecular weight excluding hydrogens is 380 g/mol. The van der Waals surface area contributed by atoms with E-state index in [1.807, 2.05) is 0 Å². The molecule has 0 N–H and O–H groups in total. The Morgan fingerprint density at radius 2 is 1.72 bits per heavy atom. The number of hydrogen-bond donors (Lipinski definition) is 0. The largest absolute Gasteiger partial charge is 0.435 e. The normalized spacial score (nSPS) is 12.9. The van der Waals surface area contributed by atoms with Gasteiger partial charge in [0.25, 0.3) is 6.43 Å². The molecule has 0 unspecified atom stereocenters. The van der Waals surface area contributed by atoms with Crippen LogP contribution in [0, 0.1) is 0 Å². The van der Waals surface area contributed by atoms with E-state index < -0.39 is 35.8 Å². The highest BCUT2D eigenvalue weighted by Crippen LogP contribution is 2.38. The molecule has 1 heterocycles. The van der Waals surface area contributed by atoms with Crippen molar-refractivity contribution in [2.45, 2.75) is 23.7 Å². The lowest BCUT2D eigenvalue weighted by molar-refractivity contribution is -0.141. The molecule has 25 heavy (non-hydrogen) atoms. The van der Waals surface area contributed by atoms with Crippen LogP contribution in [-0.2, 0) is 13.2 Å². The van der Waals surface area contributed by atoms with Crippen molar-refractivity contribution < 1.29 is 35.1 Å². The quantitative estimate of drug-likeness (QED) is 0.493. The Hall–Kier alpha value is -1.78. The number of benzene rings is 1. The molecule has 11 heteroatoms. The summed E-state index contributed by atoms with van der Waals surface area (Å²) in [5.74, 6) is -1.39. The van der Waals surface area contributed by atoms with Crippen LogP contribution < -0.4 is 0 Å². The first-order valence-corrected chi connectivity index (χ1v) is 7.60. The fraction of sp³-hybridized carbons (Fsp3) is 0.357. The van der Waals surface area contributed by atoms with E-state index in [1.54, 1.807) is 0 Å². The highest BCUT2D eigenvalue weighted by Gasteiger charge is 2.35. The molecule has 0 saturated heterocycles. The summed E-state index contributed by atoms with van der Waals surface area (Å²) in [6.45, 7) is 0. The van der Waals surface area contributed by atoms with Gasteiger partial charge in [-0.15, -0.1) is 11.8 Å². The SMILES string of the molecule is Cn1nc(C(F)(F)F)cc1-c1ccc(C(F)F)c(SCC(F)(F)F)c1. The standard InChI is InChI=1S/C14H10F8N2S/c1-24-9(5-11(23-24)14(20,21)22)7-2-3-8(12(15)16)10(4-7)25-6-13(17,18)19/h2-5,12H,6H2,1H3. The van der Waals surface area contributed by atoms with Gasteiger partial charge in [0.1, 0.15) is 0 Å². The molecule has 2 nitrogen and oxygen atoms in total. The van der Waals surface area contributed by atoms with E-state index >= 15 is 0 Å². The van der Waals surface area contributed by atoms with Gasteiger partial charge in [0, 0.05) is 23.1 Å². The van der Waals surface area contributed by atoms with Crippen LogP contribution in [0.2, 0.25) is 0 Å². The lowest BCUT2D eigenvalue weighted by atomic mass is 10.1. The summed E-state index contributed by atoms with van der Waals surface area (Å²) >= 11 is 0.152. The molecule has 0 fully saturated rings. The van der Waals surface area contributed by atoms with Crippen LogP contribution in [0.5, 0.6) is 0 Å². The predicted octanol–water partition coefficient (Wildman–Crippen LogP) is 5.70. The number of alkyl halides is 8. The van der Waals surface area contributed by atoms with Gasteiger partial charge < -0.3 is 0 Å². The molecule has 0 amide bonds. The van der Waals surface area contributed by atoms with E-state index in [1.165, 1.54) is 7.05 Å². The van der Waals surface area contributed by atoms with E-state index in [9.17, 15) is 35.1 Å². The van der Waals surface area contributed by atoms with Crippen LogP contribution in [0.25, 0.3) is 11.3 Å². The zero-order valence-electron chi connectivity index (χ0n) is 12.4. The van der Waals surface area contributed by atoms with Crippen LogP contribution in [0.15, 0.2) is 29.2 Å². The average molecular weight is 390 g/mol. The number of halogens is 8. The van der Waals surface area contributed by atoms with Crippen molar-refractivity contribution in [3.63, 3.8) is 0 Å². The summed E-state index contributed by atoms with van der Waals surface area (Å²) in [5, 5.41) is 3.29. The Morgan fingerprint density at radius 3 is 2.20 bits per heavy atom. The molecule has 0 saturated carbocycles. The third-order valence-corrected chi connectivity index (χ3v) is 4.24. The minimum atomic E-state index is -4.70. The number of aryl methyl sites for hydroxylation is 1. The fourth-order valence-electron chi connectivity index (χ4n) is 2.03. The topological polar surface area (TPSA) is 17.8 Å². The Labute approximate surface area is 140 Å². The third-order valence-electron chi connectivity index (χ3n) is 3.11. The molecule has 1 aromatic carbocycles. The molecule has 0 aliphatic heterocycles. The second kappa shape index (κ2) is 6.85. The van der Waals surface area contributed by atoms with Crippen molar-refractivity contribution in [3.8, 4) is 11.3 Å².